The summed E-state index contributed by atoms with van der Waals surface area (Å²) in [5, 5.41) is 4.18. The topological polar surface area (TPSA) is 44.7 Å². The standard InChI is InChI=1S/C10H19N3OS/c1-8-6-12-10(15-7-8)11-5-4-9(14)13(2)3/h8H,4-7H2,1-3H3,(H,11,12). The van der Waals surface area contributed by atoms with E-state index >= 15 is 0 Å². The zero-order valence-corrected chi connectivity index (χ0v) is 10.4. The van der Waals surface area contributed by atoms with E-state index in [1.54, 1.807) is 30.8 Å². The third-order valence-corrected chi connectivity index (χ3v) is 3.45. The Bertz CT molecular complexity index is 253. The van der Waals surface area contributed by atoms with Crippen LogP contribution in [0, 0.1) is 5.92 Å². The number of nitrogens with zero attached hydrogens (tertiary/aromatic N) is 2. The number of amidine groups is 1. The molecule has 1 N–H and O–H groups in total. The fourth-order valence-electron chi connectivity index (χ4n) is 1.17. The van der Waals surface area contributed by atoms with Crippen molar-refractivity contribution in [3.05, 3.63) is 0 Å². The van der Waals surface area contributed by atoms with Crippen LogP contribution in [0.25, 0.3) is 0 Å². The smallest absolute Gasteiger partial charge is 0.223 e. The van der Waals surface area contributed by atoms with E-state index in [0.717, 1.165) is 17.5 Å². The second-order valence-corrected chi connectivity index (χ2v) is 5.04. The van der Waals surface area contributed by atoms with Gasteiger partial charge in [0.15, 0.2) is 5.17 Å². The Morgan fingerprint density at radius 2 is 2.40 bits per heavy atom. The lowest BCUT2D eigenvalue weighted by Gasteiger charge is -2.18. The minimum atomic E-state index is 0.150. The van der Waals surface area contributed by atoms with Crippen molar-refractivity contribution in [1.29, 1.82) is 0 Å². The number of carbonyl (C=O) groups excluding carboxylic acids is 1. The van der Waals surface area contributed by atoms with Crippen molar-refractivity contribution in [3.63, 3.8) is 0 Å². The van der Waals surface area contributed by atoms with Crippen molar-refractivity contribution >= 4 is 22.8 Å². The van der Waals surface area contributed by atoms with Crippen LogP contribution in [-0.2, 0) is 4.79 Å². The Kier molecular flexibility index (Phi) is 4.94. The van der Waals surface area contributed by atoms with Crippen molar-refractivity contribution in [1.82, 2.24) is 10.2 Å². The second kappa shape index (κ2) is 6.00. The second-order valence-electron chi connectivity index (χ2n) is 4.03. The summed E-state index contributed by atoms with van der Waals surface area (Å²) in [4.78, 5) is 17.3. The predicted molar refractivity (Wildman–Crippen MR) is 65.2 cm³/mol. The maximum atomic E-state index is 11.3. The van der Waals surface area contributed by atoms with Gasteiger partial charge in [0.1, 0.15) is 0 Å². The molecule has 5 heteroatoms. The van der Waals surface area contributed by atoms with Gasteiger partial charge in [0.2, 0.25) is 5.91 Å². The van der Waals surface area contributed by atoms with E-state index in [9.17, 15) is 4.79 Å². The van der Waals surface area contributed by atoms with E-state index in [0.29, 0.717) is 18.9 Å². The minimum Gasteiger partial charge on any atom is -0.364 e. The van der Waals surface area contributed by atoms with Crippen LogP contribution >= 0.6 is 11.8 Å². The van der Waals surface area contributed by atoms with Gasteiger partial charge in [-0.05, 0) is 5.92 Å². The fraction of sp³-hybridized carbons (Fsp3) is 0.800. The summed E-state index contributed by atoms with van der Waals surface area (Å²) in [5.74, 6) is 1.94. The Morgan fingerprint density at radius 3 is 2.93 bits per heavy atom. The highest BCUT2D eigenvalue weighted by Gasteiger charge is 2.12. The molecule has 1 aliphatic rings. The molecular formula is C10H19N3OS. The third-order valence-electron chi connectivity index (χ3n) is 2.17. The van der Waals surface area contributed by atoms with Crippen LogP contribution in [0.1, 0.15) is 13.3 Å². The van der Waals surface area contributed by atoms with Crippen molar-refractivity contribution in [2.24, 2.45) is 10.9 Å². The normalized spacial score (nSPS) is 20.7. The lowest BCUT2D eigenvalue weighted by Crippen LogP contribution is -2.31. The maximum absolute atomic E-state index is 11.3. The summed E-state index contributed by atoms with van der Waals surface area (Å²) in [7, 11) is 3.55. The van der Waals surface area contributed by atoms with E-state index < -0.39 is 0 Å². The lowest BCUT2D eigenvalue weighted by molar-refractivity contribution is -0.128. The number of hydrogen-bond acceptors (Lipinski definition) is 4. The molecular weight excluding hydrogens is 210 g/mol. The number of nitrogens with one attached hydrogen (secondary N) is 1. The molecule has 0 fully saturated rings. The number of carbonyl (C=O) groups is 1. The van der Waals surface area contributed by atoms with Gasteiger partial charge in [0, 0.05) is 39.4 Å². The first-order valence-corrected chi connectivity index (χ1v) is 6.19. The number of hydrogen-bond donors (Lipinski definition) is 1. The number of rotatable bonds is 3. The van der Waals surface area contributed by atoms with Crippen LogP contribution in [0.4, 0.5) is 0 Å². The van der Waals surface area contributed by atoms with Crippen molar-refractivity contribution in [3.8, 4) is 0 Å². The SMILES string of the molecule is CC1CN=C(NCCC(=O)N(C)C)SC1. The van der Waals surface area contributed by atoms with Gasteiger partial charge in [-0.3, -0.25) is 9.79 Å². The quantitative estimate of drug-likeness (QED) is 0.778. The molecule has 0 saturated carbocycles. The molecule has 1 aliphatic heterocycles. The summed E-state index contributed by atoms with van der Waals surface area (Å²) in [6.07, 6.45) is 0.530. The molecule has 4 nitrogen and oxygen atoms in total. The molecule has 1 heterocycles. The molecule has 0 spiro atoms. The highest BCUT2D eigenvalue weighted by atomic mass is 32.2. The van der Waals surface area contributed by atoms with Crippen LogP contribution in [0.15, 0.2) is 4.99 Å². The molecule has 0 aromatic heterocycles. The van der Waals surface area contributed by atoms with Crippen LogP contribution in [0.5, 0.6) is 0 Å². The van der Waals surface area contributed by atoms with Gasteiger partial charge in [-0.2, -0.15) is 0 Å². The monoisotopic (exact) mass is 229 g/mol. The zero-order chi connectivity index (χ0) is 11.3. The third kappa shape index (κ3) is 4.55. The molecule has 0 bridgehead atoms. The minimum absolute atomic E-state index is 0.150. The molecule has 86 valence electrons. The molecule has 1 atom stereocenters. The Balaban J connectivity index is 2.18. The van der Waals surface area contributed by atoms with E-state index in [-0.39, 0.29) is 5.91 Å². The molecule has 0 aromatic carbocycles. The number of amides is 1. The van der Waals surface area contributed by atoms with Crippen LogP contribution in [0.3, 0.4) is 0 Å². The van der Waals surface area contributed by atoms with E-state index in [4.69, 9.17) is 0 Å². The molecule has 1 amide bonds. The van der Waals surface area contributed by atoms with Gasteiger partial charge in [0.05, 0.1) is 0 Å². The van der Waals surface area contributed by atoms with Gasteiger partial charge in [-0.25, -0.2) is 0 Å². The van der Waals surface area contributed by atoms with E-state index in [1.807, 2.05) is 0 Å². The lowest BCUT2D eigenvalue weighted by atomic mass is 10.2. The largest absolute Gasteiger partial charge is 0.364 e. The fourth-order valence-corrected chi connectivity index (χ4v) is 2.08. The number of thioether (sulfide) groups is 1. The van der Waals surface area contributed by atoms with E-state index in [1.165, 1.54) is 0 Å². The summed E-state index contributed by atoms with van der Waals surface area (Å²) < 4.78 is 0. The zero-order valence-electron chi connectivity index (χ0n) is 9.62. The molecule has 1 unspecified atom stereocenters. The molecule has 0 aromatic rings. The summed E-state index contributed by atoms with van der Waals surface area (Å²) in [6.45, 7) is 3.77. The first-order valence-electron chi connectivity index (χ1n) is 5.21. The predicted octanol–water partition coefficient (Wildman–Crippen LogP) is 0.793. The Labute approximate surface area is 95.5 Å². The van der Waals surface area contributed by atoms with Gasteiger partial charge in [-0.1, -0.05) is 18.7 Å². The molecule has 0 saturated heterocycles. The van der Waals surface area contributed by atoms with E-state index in [2.05, 4.69) is 17.2 Å². The summed E-state index contributed by atoms with van der Waals surface area (Å²) >= 11 is 1.75. The maximum Gasteiger partial charge on any atom is 0.223 e. The van der Waals surface area contributed by atoms with Gasteiger partial charge in [-0.15, -0.1) is 0 Å². The summed E-state index contributed by atoms with van der Waals surface area (Å²) in [6, 6.07) is 0. The summed E-state index contributed by atoms with van der Waals surface area (Å²) in [5.41, 5.74) is 0. The first kappa shape index (κ1) is 12.4. The van der Waals surface area contributed by atoms with Crippen LogP contribution in [-0.4, -0.2) is 48.9 Å². The van der Waals surface area contributed by atoms with Gasteiger partial charge < -0.3 is 10.2 Å². The van der Waals surface area contributed by atoms with Crippen LogP contribution < -0.4 is 5.32 Å². The average Bonchev–Trinajstić information content (AvgIpc) is 2.20. The van der Waals surface area contributed by atoms with Crippen molar-refractivity contribution < 1.29 is 4.79 Å². The molecule has 1 rings (SSSR count). The Hall–Kier alpha value is -0.710. The molecule has 15 heavy (non-hydrogen) atoms. The van der Waals surface area contributed by atoms with Gasteiger partial charge >= 0.3 is 0 Å². The van der Waals surface area contributed by atoms with Gasteiger partial charge in [0.25, 0.3) is 0 Å². The Morgan fingerprint density at radius 1 is 1.67 bits per heavy atom. The van der Waals surface area contributed by atoms with Crippen LogP contribution in [0.2, 0.25) is 0 Å². The average molecular weight is 229 g/mol. The molecule has 0 radical (unpaired) electrons. The first-order chi connectivity index (χ1) is 7.09. The van der Waals surface area contributed by atoms with Crippen molar-refractivity contribution in [2.45, 2.75) is 13.3 Å². The van der Waals surface area contributed by atoms with Crippen molar-refractivity contribution in [2.75, 3.05) is 32.9 Å². The highest BCUT2D eigenvalue weighted by Crippen LogP contribution is 2.15. The highest BCUT2D eigenvalue weighted by molar-refractivity contribution is 8.13. The molecule has 0 aliphatic carbocycles. The number of aliphatic imine (C=N–C) groups is 1.